The second-order valence-electron chi connectivity index (χ2n) is 7.51. The lowest BCUT2D eigenvalue weighted by molar-refractivity contribution is -0.130. The highest BCUT2D eigenvalue weighted by atomic mass is 32.1. The topological polar surface area (TPSA) is 89.3 Å². The molecule has 2 aromatic heterocycles. The fourth-order valence-corrected chi connectivity index (χ4v) is 5.05. The third-order valence-corrected chi connectivity index (χ3v) is 6.94. The Hall–Kier alpha value is -3.22. The molecule has 0 unspecified atom stereocenters. The lowest BCUT2D eigenvalue weighted by atomic mass is 10.2. The molecule has 1 saturated heterocycles. The van der Waals surface area contributed by atoms with Gasteiger partial charge in [0.1, 0.15) is 0 Å². The van der Waals surface area contributed by atoms with E-state index in [0.29, 0.717) is 35.9 Å². The summed E-state index contributed by atoms with van der Waals surface area (Å²) in [6, 6.07) is 13.5. The number of nitrogens with one attached hydrogen (secondary N) is 1. The standard InChI is InChI=1S/C23H23N5O2S2/c24-15-17-4-6-19(7-5-17)27-8-2-9-28(11-10-27)22(30)13-18-16-32-23(25-18)26-21(29)14-20-3-1-12-31-20/h1,3-7,12,16H,2,8-11,13-14H2,(H,25,26,29). The zero-order chi connectivity index (χ0) is 22.3. The van der Waals surface area contributed by atoms with Crippen LogP contribution in [0, 0.1) is 11.3 Å². The summed E-state index contributed by atoms with van der Waals surface area (Å²) >= 11 is 2.89. The van der Waals surface area contributed by atoms with E-state index in [1.165, 1.54) is 11.3 Å². The molecule has 0 spiro atoms. The number of carbonyl (C=O) groups excluding carboxylic acids is 2. The smallest absolute Gasteiger partial charge is 0.231 e. The number of carbonyl (C=O) groups is 2. The SMILES string of the molecule is N#Cc1ccc(N2CCCN(C(=O)Cc3csc(NC(=O)Cc4cccs4)n3)CC2)cc1. The average Bonchev–Trinajstić information content (AvgIpc) is 3.39. The molecule has 1 N–H and O–H groups in total. The maximum absolute atomic E-state index is 12.8. The zero-order valence-corrected chi connectivity index (χ0v) is 19.1. The van der Waals surface area contributed by atoms with Gasteiger partial charge in [-0.3, -0.25) is 9.59 Å². The van der Waals surface area contributed by atoms with Crippen LogP contribution in [0.5, 0.6) is 0 Å². The summed E-state index contributed by atoms with van der Waals surface area (Å²) in [5, 5.41) is 16.1. The number of anilines is 2. The van der Waals surface area contributed by atoms with Gasteiger partial charge in [-0.15, -0.1) is 22.7 Å². The van der Waals surface area contributed by atoms with E-state index in [2.05, 4.69) is 21.3 Å². The third kappa shape index (κ3) is 5.72. The Morgan fingerprint density at radius 2 is 1.91 bits per heavy atom. The van der Waals surface area contributed by atoms with Crippen molar-refractivity contribution in [2.75, 3.05) is 36.4 Å². The number of benzene rings is 1. The Morgan fingerprint density at radius 3 is 2.66 bits per heavy atom. The van der Waals surface area contributed by atoms with E-state index in [-0.39, 0.29) is 18.2 Å². The molecule has 3 heterocycles. The molecule has 32 heavy (non-hydrogen) atoms. The Balaban J connectivity index is 1.28. The van der Waals surface area contributed by atoms with Gasteiger partial charge >= 0.3 is 0 Å². The lowest BCUT2D eigenvalue weighted by Crippen LogP contribution is -2.36. The Morgan fingerprint density at radius 1 is 1.06 bits per heavy atom. The third-order valence-electron chi connectivity index (χ3n) is 5.26. The number of hydrogen-bond donors (Lipinski definition) is 1. The largest absolute Gasteiger partial charge is 0.370 e. The van der Waals surface area contributed by atoms with E-state index < -0.39 is 0 Å². The molecule has 1 aromatic carbocycles. The summed E-state index contributed by atoms with van der Waals surface area (Å²) in [6.07, 6.45) is 1.44. The Labute approximate surface area is 194 Å². The Bertz CT molecular complexity index is 1100. The van der Waals surface area contributed by atoms with Gasteiger partial charge in [0.2, 0.25) is 11.8 Å². The molecule has 3 aromatic rings. The highest BCUT2D eigenvalue weighted by Gasteiger charge is 2.20. The molecule has 1 aliphatic heterocycles. The Kier molecular flexibility index (Phi) is 7.14. The average molecular weight is 466 g/mol. The van der Waals surface area contributed by atoms with Crippen molar-refractivity contribution in [3.8, 4) is 6.07 Å². The summed E-state index contributed by atoms with van der Waals surface area (Å²) in [5.41, 5.74) is 2.39. The van der Waals surface area contributed by atoms with Crippen LogP contribution in [0.2, 0.25) is 0 Å². The molecular weight excluding hydrogens is 442 g/mol. The number of amides is 2. The summed E-state index contributed by atoms with van der Waals surface area (Å²) in [7, 11) is 0. The predicted octanol–water partition coefficient (Wildman–Crippen LogP) is 3.54. The molecule has 4 rings (SSSR count). The summed E-state index contributed by atoms with van der Waals surface area (Å²) in [6.45, 7) is 2.97. The fourth-order valence-electron chi connectivity index (χ4n) is 3.62. The van der Waals surface area contributed by atoms with Crippen LogP contribution in [0.15, 0.2) is 47.2 Å². The number of nitrogens with zero attached hydrogens (tertiary/aromatic N) is 4. The van der Waals surface area contributed by atoms with Crippen molar-refractivity contribution in [2.24, 2.45) is 0 Å². The molecule has 0 atom stereocenters. The van der Waals surface area contributed by atoms with Crippen LogP contribution in [0.4, 0.5) is 10.8 Å². The first-order valence-corrected chi connectivity index (χ1v) is 12.2. The van der Waals surface area contributed by atoms with Crippen LogP contribution in [0.1, 0.15) is 22.6 Å². The molecular formula is C23H23N5O2S2. The van der Waals surface area contributed by atoms with E-state index in [0.717, 1.165) is 30.1 Å². The van der Waals surface area contributed by atoms with Crippen molar-refractivity contribution in [1.82, 2.24) is 9.88 Å². The molecule has 0 bridgehead atoms. The van der Waals surface area contributed by atoms with Crippen LogP contribution in [-0.4, -0.2) is 47.9 Å². The first kappa shape index (κ1) is 22.0. The van der Waals surface area contributed by atoms with Crippen LogP contribution in [0.25, 0.3) is 0 Å². The summed E-state index contributed by atoms with van der Waals surface area (Å²) < 4.78 is 0. The number of rotatable bonds is 6. The molecule has 0 saturated carbocycles. The van der Waals surface area contributed by atoms with Crippen LogP contribution >= 0.6 is 22.7 Å². The molecule has 1 fully saturated rings. The number of thiophene rings is 1. The van der Waals surface area contributed by atoms with Gasteiger partial charge in [0.05, 0.1) is 30.2 Å². The minimum atomic E-state index is -0.102. The highest BCUT2D eigenvalue weighted by Crippen LogP contribution is 2.20. The summed E-state index contributed by atoms with van der Waals surface area (Å²) in [5.74, 6) is -0.0523. The van der Waals surface area contributed by atoms with Gasteiger partial charge in [0.25, 0.3) is 0 Å². The normalized spacial score (nSPS) is 14.0. The number of nitriles is 1. The zero-order valence-electron chi connectivity index (χ0n) is 17.5. The van der Waals surface area contributed by atoms with Crippen molar-refractivity contribution in [3.63, 3.8) is 0 Å². The van der Waals surface area contributed by atoms with Crippen molar-refractivity contribution in [1.29, 1.82) is 5.26 Å². The predicted molar refractivity (Wildman–Crippen MR) is 127 cm³/mol. The van der Waals surface area contributed by atoms with E-state index in [1.54, 1.807) is 11.3 Å². The monoisotopic (exact) mass is 465 g/mol. The quantitative estimate of drug-likeness (QED) is 0.602. The number of thiazole rings is 1. The molecule has 164 valence electrons. The molecule has 0 radical (unpaired) electrons. The van der Waals surface area contributed by atoms with Crippen molar-refractivity contribution in [3.05, 3.63) is 63.3 Å². The van der Waals surface area contributed by atoms with Gasteiger partial charge in [-0.05, 0) is 42.1 Å². The van der Waals surface area contributed by atoms with E-state index >= 15 is 0 Å². The fraction of sp³-hybridized carbons (Fsp3) is 0.304. The van der Waals surface area contributed by atoms with Crippen molar-refractivity contribution in [2.45, 2.75) is 19.3 Å². The first-order chi connectivity index (χ1) is 15.6. The van der Waals surface area contributed by atoms with Crippen LogP contribution in [-0.2, 0) is 22.4 Å². The molecule has 0 aliphatic carbocycles. The first-order valence-electron chi connectivity index (χ1n) is 10.4. The minimum Gasteiger partial charge on any atom is -0.370 e. The summed E-state index contributed by atoms with van der Waals surface area (Å²) in [4.78, 5) is 34.5. The second kappa shape index (κ2) is 10.4. The maximum atomic E-state index is 12.8. The van der Waals surface area contributed by atoms with Gasteiger partial charge in [0.15, 0.2) is 5.13 Å². The maximum Gasteiger partial charge on any atom is 0.231 e. The van der Waals surface area contributed by atoms with Gasteiger partial charge in [-0.1, -0.05) is 6.07 Å². The van der Waals surface area contributed by atoms with E-state index in [4.69, 9.17) is 5.26 Å². The van der Waals surface area contributed by atoms with Gasteiger partial charge in [-0.25, -0.2) is 4.98 Å². The van der Waals surface area contributed by atoms with Crippen LogP contribution in [0.3, 0.4) is 0 Å². The second-order valence-corrected chi connectivity index (χ2v) is 9.40. The molecule has 2 amide bonds. The van der Waals surface area contributed by atoms with Gasteiger partial charge < -0.3 is 15.1 Å². The minimum absolute atomic E-state index is 0.0495. The van der Waals surface area contributed by atoms with Crippen molar-refractivity contribution < 1.29 is 9.59 Å². The lowest BCUT2D eigenvalue weighted by Gasteiger charge is -2.23. The van der Waals surface area contributed by atoms with Crippen LogP contribution < -0.4 is 10.2 Å². The number of aromatic nitrogens is 1. The van der Waals surface area contributed by atoms with E-state index in [9.17, 15) is 9.59 Å². The van der Waals surface area contributed by atoms with Crippen molar-refractivity contribution >= 4 is 45.3 Å². The molecule has 7 nitrogen and oxygen atoms in total. The molecule has 1 aliphatic rings. The van der Waals surface area contributed by atoms with Gasteiger partial charge in [0, 0.05) is 42.1 Å². The van der Waals surface area contributed by atoms with Gasteiger partial charge in [-0.2, -0.15) is 5.26 Å². The highest BCUT2D eigenvalue weighted by molar-refractivity contribution is 7.14. The van der Waals surface area contributed by atoms with E-state index in [1.807, 2.05) is 52.1 Å². The number of hydrogen-bond acceptors (Lipinski definition) is 7. The molecule has 9 heteroatoms.